The zero-order chi connectivity index (χ0) is 29.9. The maximum atomic E-state index is 13.3. The lowest BCUT2D eigenvalue weighted by Gasteiger charge is -2.21. The Kier molecular flexibility index (Phi) is 11.6. The van der Waals surface area contributed by atoms with Crippen molar-refractivity contribution in [1.29, 1.82) is 0 Å². The summed E-state index contributed by atoms with van der Waals surface area (Å²) in [7, 11) is 1.62. The van der Waals surface area contributed by atoms with Crippen LogP contribution in [0, 0.1) is 6.92 Å². The predicted octanol–water partition coefficient (Wildman–Crippen LogP) is 5.05. The summed E-state index contributed by atoms with van der Waals surface area (Å²) in [5, 5.41) is 7.04. The number of unbranched alkanes of at least 4 members (excludes halogenated alkanes) is 2. The largest absolute Gasteiger partial charge is 0.497 e. The standard InChI is InChI=1S/C34H46N4O4/c1-4-27(39)13-9-6-10-14-32(34(41)35-18-20-38-19-17-26(23-38)25-11-7-5-8-12-25)37-33(40)22-29-24(2)36-31-16-15-28(42-3)21-30(29)31/h5,7-8,11-12,15-16,21,26,32,36H,4,6,9-10,13-14,17-20,22-23H2,1-3H3,(H,35,41)(H,37,40)/t26?,32-/m0/s1. The maximum absolute atomic E-state index is 13.3. The van der Waals surface area contributed by atoms with Crippen LogP contribution in [-0.4, -0.2) is 66.8 Å². The quantitative estimate of drug-likeness (QED) is 0.208. The molecule has 1 saturated heterocycles. The number of amides is 2. The number of nitrogens with zero attached hydrogens (tertiary/aromatic N) is 1. The van der Waals surface area contributed by atoms with Crippen molar-refractivity contribution in [3.8, 4) is 5.75 Å². The predicted molar refractivity (Wildman–Crippen MR) is 167 cm³/mol. The number of ketones is 1. The fourth-order valence-electron chi connectivity index (χ4n) is 5.91. The lowest BCUT2D eigenvalue weighted by atomic mass is 9.99. The Bertz CT molecular complexity index is 1340. The van der Waals surface area contributed by atoms with Crippen LogP contribution in [0.5, 0.6) is 5.75 Å². The Hall–Kier alpha value is -3.65. The van der Waals surface area contributed by atoms with Gasteiger partial charge >= 0.3 is 0 Å². The van der Waals surface area contributed by atoms with Gasteiger partial charge in [0.2, 0.25) is 11.8 Å². The van der Waals surface area contributed by atoms with E-state index in [1.807, 2.05) is 38.1 Å². The molecule has 0 spiro atoms. The molecule has 42 heavy (non-hydrogen) atoms. The van der Waals surface area contributed by atoms with Gasteiger partial charge in [0, 0.05) is 49.1 Å². The van der Waals surface area contributed by atoms with Gasteiger partial charge in [0.15, 0.2) is 0 Å². The normalized spacial score (nSPS) is 15.9. The number of benzene rings is 2. The van der Waals surface area contributed by atoms with E-state index in [0.717, 1.165) is 73.2 Å². The molecular weight excluding hydrogens is 528 g/mol. The van der Waals surface area contributed by atoms with Crippen LogP contribution in [-0.2, 0) is 20.8 Å². The third kappa shape index (κ3) is 8.68. The minimum absolute atomic E-state index is 0.149. The summed E-state index contributed by atoms with van der Waals surface area (Å²) in [6, 6.07) is 15.8. The number of H-pyrrole nitrogens is 1. The SMILES string of the molecule is CCC(=O)CCCCC[C@H](NC(=O)Cc1c(C)[nH]c2ccc(OC)cc12)C(=O)NCCN1CCC(c2ccccc2)C1. The number of ether oxygens (including phenoxy) is 1. The van der Waals surface area contributed by atoms with Crippen molar-refractivity contribution in [2.45, 2.75) is 77.2 Å². The van der Waals surface area contributed by atoms with Crippen molar-refractivity contribution in [2.75, 3.05) is 33.3 Å². The first-order valence-corrected chi connectivity index (χ1v) is 15.4. The van der Waals surface area contributed by atoms with Gasteiger partial charge in [-0.25, -0.2) is 0 Å². The van der Waals surface area contributed by atoms with Gasteiger partial charge in [-0.1, -0.05) is 50.1 Å². The fourth-order valence-corrected chi connectivity index (χ4v) is 5.91. The highest BCUT2D eigenvalue weighted by Crippen LogP contribution is 2.27. The van der Waals surface area contributed by atoms with Crippen molar-refractivity contribution in [1.82, 2.24) is 20.5 Å². The lowest BCUT2D eigenvalue weighted by molar-refractivity contribution is -0.128. The number of carbonyl (C=O) groups excluding carboxylic acids is 3. The van der Waals surface area contributed by atoms with Gasteiger partial charge < -0.3 is 25.3 Å². The summed E-state index contributed by atoms with van der Waals surface area (Å²) < 4.78 is 5.38. The van der Waals surface area contributed by atoms with Crippen molar-refractivity contribution < 1.29 is 19.1 Å². The second kappa shape index (κ2) is 15.5. The number of Topliss-reactive ketones (excluding diaryl/α,β-unsaturated/α-hetero) is 1. The number of rotatable bonds is 16. The number of likely N-dealkylation sites (tertiary alicyclic amines) is 1. The molecule has 2 heterocycles. The molecule has 3 N–H and O–H groups in total. The van der Waals surface area contributed by atoms with Crippen molar-refractivity contribution in [3.05, 3.63) is 65.4 Å². The summed E-state index contributed by atoms with van der Waals surface area (Å²) in [5.41, 5.74) is 4.15. The smallest absolute Gasteiger partial charge is 0.242 e. The third-order valence-electron chi connectivity index (χ3n) is 8.43. The number of carbonyl (C=O) groups is 3. The molecule has 4 rings (SSSR count). The molecule has 0 aliphatic carbocycles. The van der Waals surface area contributed by atoms with Crippen LogP contribution < -0.4 is 15.4 Å². The van der Waals surface area contributed by atoms with Gasteiger partial charge in [0.25, 0.3) is 0 Å². The van der Waals surface area contributed by atoms with Crippen molar-refractivity contribution in [3.63, 3.8) is 0 Å². The molecule has 3 aromatic rings. The summed E-state index contributed by atoms with van der Waals surface area (Å²) in [6.07, 6.45) is 5.39. The van der Waals surface area contributed by atoms with Crippen LogP contribution in [0.4, 0.5) is 0 Å². The van der Waals surface area contributed by atoms with E-state index in [2.05, 4.69) is 44.8 Å². The highest BCUT2D eigenvalue weighted by atomic mass is 16.5. The number of aromatic nitrogens is 1. The van der Waals surface area contributed by atoms with E-state index in [4.69, 9.17) is 4.74 Å². The number of nitrogens with one attached hydrogen (secondary N) is 3. The molecule has 1 aliphatic heterocycles. The molecule has 2 atom stereocenters. The number of hydrogen-bond acceptors (Lipinski definition) is 5. The fraction of sp³-hybridized carbons (Fsp3) is 0.500. The van der Waals surface area contributed by atoms with Crippen molar-refractivity contribution >= 4 is 28.5 Å². The average Bonchev–Trinajstić information content (AvgIpc) is 3.60. The molecule has 0 radical (unpaired) electrons. The Balaban J connectivity index is 1.32. The minimum atomic E-state index is -0.616. The van der Waals surface area contributed by atoms with Crippen LogP contribution in [0.3, 0.4) is 0 Å². The Morgan fingerprint density at radius 2 is 1.90 bits per heavy atom. The Morgan fingerprint density at radius 1 is 1.10 bits per heavy atom. The molecule has 1 aromatic heterocycles. The number of hydrogen-bond donors (Lipinski definition) is 3. The summed E-state index contributed by atoms with van der Waals surface area (Å²) >= 11 is 0. The molecular formula is C34H46N4O4. The van der Waals surface area contributed by atoms with E-state index < -0.39 is 6.04 Å². The van der Waals surface area contributed by atoms with E-state index in [1.165, 1.54) is 5.56 Å². The molecule has 1 unspecified atom stereocenters. The highest BCUT2D eigenvalue weighted by Gasteiger charge is 2.25. The summed E-state index contributed by atoms with van der Waals surface area (Å²) in [6.45, 7) is 7.17. The van der Waals surface area contributed by atoms with Crippen molar-refractivity contribution in [2.24, 2.45) is 0 Å². The number of aromatic amines is 1. The van der Waals surface area contributed by atoms with E-state index in [0.29, 0.717) is 31.7 Å². The van der Waals surface area contributed by atoms with E-state index >= 15 is 0 Å². The second-order valence-corrected chi connectivity index (χ2v) is 11.4. The Morgan fingerprint density at radius 3 is 2.67 bits per heavy atom. The first-order chi connectivity index (χ1) is 20.4. The zero-order valence-electron chi connectivity index (χ0n) is 25.3. The van der Waals surface area contributed by atoms with Crippen LogP contribution >= 0.6 is 0 Å². The number of fused-ring (bicyclic) bond motifs is 1. The van der Waals surface area contributed by atoms with E-state index in [9.17, 15) is 14.4 Å². The van der Waals surface area contributed by atoms with E-state index in [1.54, 1.807) is 7.11 Å². The number of methoxy groups -OCH3 is 1. The average molecular weight is 575 g/mol. The Labute approximate surface area is 249 Å². The molecule has 0 saturated carbocycles. The molecule has 2 aromatic carbocycles. The topological polar surface area (TPSA) is 104 Å². The van der Waals surface area contributed by atoms with E-state index in [-0.39, 0.29) is 24.0 Å². The van der Waals surface area contributed by atoms with Crippen LogP contribution in [0.15, 0.2) is 48.5 Å². The summed E-state index contributed by atoms with van der Waals surface area (Å²) in [5.74, 6) is 1.19. The first-order valence-electron chi connectivity index (χ1n) is 15.4. The van der Waals surface area contributed by atoms with Gasteiger partial charge in [-0.15, -0.1) is 0 Å². The molecule has 0 bridgehead atoms. The molecule has 8 nitrogen and oxygen atoms in total. The number of aryl methyl sites for hydroxylation is 1. The van der Waals surface area contributed by atoms with Gasteiger partial charge in [-0.3, -0.25) is 14.4 Å². The first kappa shape index (κ1) is 31.3. The minimum Gasteiger partial charge on any atom is -0.497 e. The van der Waals surface area contributed by atoms with Crippen LogP contribution in [0.2, 0.25) is 0 Å². The molecule has 226 valence electrons. The van der Waals surface area contributed by atoms with Gasteiger partial charge in [-0.2, -0.15) is 0 Å². The molecule has 1 fully saturated rings. The highest BCUT2D eigenvalue weighted by molar-refractivity contribution is 5.93. The van der Waals surface area contributed by atoms with Crippen LogP contribution in [0.1, 0.15) is 74.6 Å². The monoisotopic (exact) mass is 574 g/mol. The van der Waals surface area contributed by atoms with Crippen LogP contribution in [0.25, 0.3) is 10.9 Å². The molecule has 2 amide bonds. The maximum Gasteiger partial charge on any atom is 0.242 e. The molecule has 1 aliphatic rings. The third-order valence-corrected chi connectivity index (χ3v) is 8.43. The lowest BCUT2D eigenvalue weighted by Crippen LogP contribution is -2.48. The van der Waals surface area contributed by atoms with Gasteiger partial charge in [-0.05, 0) is 68.0 Å². The van der Waals surface area contributed by atoms with Gasteiger partial charge in [0.1, 0.15) is 17.6 Å². The summed E-state index contributed by atoms with van der Waals surface area (Å²) in [4.78, 5) is 44.0. The van der Waals surface area contributed by atoms with Gasteiger partial charge in [0.05, 0.1) is 13.5 Å². The molecule has 8 heteroatoms. The second-order valence-electron chi connectivity index (χ2n) is 11.4. The zero-order valence-corrected chi connectivity index (χ0v) is 25.3.